The van der Waals surface area contributed by atoms with Gasteiger partial charge in [0.2, 0.25) is 0 Å². The molecule has 0 N–H and O–H groups in total. The normalized spacial score (nSPS) is 14.7. The molecule has 0 aliphatic heterocycles. The summed E-state index contributed by atoms with van der Waals surface area (Å²) in [6.07, 6.45) is 9.15. The van der Waals surface area contributed by atoms with Gasteiger partial charge in [-0.25, -0.2) is 14.6 Å². The zero-order valence-electron chi connectivity index (χ0n) is 11.0. The average molecular weight is 267 g/mol. The van der Waals surface area contributed by atoms with E-state index in [-0.39, 0.29) is 0 Å². The van der Waals surface area contributed by atoms with Crippen molar-refractivity contribution in [3.8, 4) is 11.4 Å². The lowest BCUT2D eigenvalue weighted by molar-refractivity contribution is 0.410. The Bertz CT molecular complexity index is 778. The van der Waals surface area contributed by atoms with Crippen LogP contribution in [0.1, 0.15) is 24.5 Å². The molecule has 3 aromatic rings. The molecule has 3 heterocycles. The van der Waals surface area contributed by atoms with E-state index in [0.29, 0.717) is 5.92 Å². The highest BCUT2D eigenvalue weighted by Gasteiger charge is 2.30. The van der Waals surface area contributed by atoms with Gasteiger partial charge in [-0.3, -0.25) is 4.98 Å². The van der Waals surface area contributed by atoms with Gasteiger partial charge in [0.25, 0.3) is 0 Å². The number of rotatable bonds is 3. The van der Waals surface area contributed by atoms with E-state index in [1.165, 1.54) is 19.2 Å². The van der Waals surface area contributed by atoms with Gasteiger partial charge in [-0.05, 0) is 12.8 Å². The molecule has 0 aromatic carbocycles. The van der Waals surface area contributed by atoms with Crippen LogP contribution < -0.4 is 4.74 Å². The van der Waals surface area contributed by atoms with Crippen LogP contribution in [0.15, 0.2) is 31.0 Å². The topological polar surface area (TPSA) is 65.7 Å². The van der Waals surface area contributed by atoms with E-state index in [0.717, 1.165) is 28.2 Å². The van der Waals surface area contributed by atoms with E-state index in [9.17, 15) is 0 Å². The summed E-state index contributed by atoms with van der Waals surface area (Å²) < 4.78 is 7.32. The van der Waals surface area contributed by atoms with Crippen molar-refractivity contribution in [3.05, 3.63) is 36.7 Å². The predicted octanol–water partition coefficient (Wildman–Crippen LogP) is 2.10. The first-order valence-corrected chi connectivity index (χ1v) is 6.55. The minimum atomic E-state index is 0.504. The summed E-state index contributed by atoms with van der Waals surface area (Å²) in [5.41, 5.74) is 3.62. The Morgan fingerprint density at radius 2 is 2.15 bits per heavy atom. The quantitative estimate of drug-likeness (QED) is 0.727. The third kappa shape index (κ3) is 1.65. The second-order valence-electron chi connectivity index (χ2n) is 4.87. The second-order valence-corrected chi connectivity index (χ2v) is 4.87. The summed E-state index contributed by atoms with van der Waals surface area (Å²) in [6, 6.07) is 1.86. The first-order chi connectivity index (χ1) is 9.88. The van der Waals surface area contributed by atoms with Crippen LogP contribution in [0.25, 0.3) is 16.7 Å². The Morgan fingerprint density at radius 1 is 1.25 bits per heavy atom. The van der Waals surface area contributed by atoms with Gasteiger partial charge in [0.15, 0.2) is 0 Å². The molecule has 1 saturated carbocycles. The van der Waals surface area contributed by atoms with Crippen molar-refractivity contribution in [2.75, 3.05) is 7.11 Å². The molecule has 1 aliphatic rings. The zero-order valence-corrected chi connectivity index (χ0v) is 11.0. The molecule has 0 bridgehead atoms. The molecule has 4 rings (SSSR count). The Balaban J connectivity index is 2.01. The van der Waals surface area contributed by atoms with Crippen molar-refractivity contribution in [2.24, 2.45) is 0 Å². The van der Waals surface area contributed by atoms with Gasteiger partial charge < -0.3 is 4.74 Å². The third-order valence-corrected chi connectivity index (χ3v) is 3.56. The number of hydrogen-bond donors (Lipinski definition) is 0. The Morgan fingerprint density at radius 3 is 2.95 bits per heavy atom. The van der Waals surface area contributed by atoms with Crippen LogP contribution in [0.2, 0.25) is 0 Å². The van der Waals surface area contributed by atoms with Gasteiger partial charge in [-0.2, -0.15) is 5.10 Å². The molecule has 100 valence electrons. The number of fused-ring (bicyclic) bond motifs is 1. The summed E-state index contributed by atoms with van der Waals surface area (Å²) in [7, 11) is 1.66. The first-order valence-electron chi connectivity index (χ1n) is 6.55. The molecule has 0 spiro atoms. The molecule has 3 aromatic heterocycles. The molecule has 1 aliphatic carbocycles. The van der Waals surface area contributed by atoms with Crippen molar-refractivity contribution < 1.29 is 4.74 Å². The number of pyridine rings is 1. The molecule has 1 fully saturated rings. The van der Waals surface area contributed by atoms with Crippen molar-refractivity contribution in [3.63, 3.8) is 0 Å². The van der Waals surface area contributed by atoms with E-state index in [1.54, 1.807) is 25.7 Å². The number of nitrogens with zero attached hydrogens (tertiary/aromatic N) is 5. The average Bonchev–Trinajstić information content (AvgIpc) is 3.26. The lowest BCUT2D eigenvalue weighted by Gasteiger charge is -2.13. The predicted molar refractivity (Wildman–Crippen MR) is 73.0 cm³/mol. The third-order valence-electron chi connectivity index (χ3n) is 3.56. The second kappa shape index (κ2) is 4.26. The molecule has 20 heavy (non-hydrogen) atoms. The van der Waals surface area contributed by atoms with Crippen LogP contribution in [0, 0.1) is 0 Å². The maximum atomic E-state index is 5.50. The van der Waals surface area contributed by atoms with Crippen LogP contribution in [0.4, 0.5) is 0 Å². The van der Waals surface area contributed by atoms with Gasteiger partial charge in [-0.1, -0.05) is 0 Å². The van der Waals surface area contributed by atoms with Crippen LogP contribution in [0.5, 0.6) is 5.75 Å². The van der Waals surface area contributed by atoms with Gasteiger partial charge in [-0.15, -0.1) is 0 Å². The summed E-state index contributed by atoms with van der Waals surface area (Å²) in [6.45, 7) is 0. The molecule has 0 atom stereocenters. The van der Waals surface area contributed by atoms with Crippen molar-refractivity contribution in [1.82, 2.24) is 24.7 Å². The monoisotopic (exact) mass is 267 g/mol. The molecule has 6 heteroatoms. The fourth-order valence-corrected chi connectivity index (χ4v) is 2.43. The van der Waals surface area contributed by atoms with E-state index < -0.39 is 0 Å². The zero-order chi connectivity index (χ0) is 13.5. The van der Waals surface area contributed by atoms with Crippen LogP contribution in [-0.2, 0) is 0 Å². The Labute approximate surface area is 115 Å². The summed E-state index contributed by atoms with van der Waals surface area (Å²) >= 11 is 0. The highest BCUT2D eigenvalue weighted by molar-refractivity contribution is 5.76. The summed E-state index contributed by atoms with van der Waals surface area (Å²) in [5.74, 6) is 1.28. The number of hydrogen-bond acceptors (Lipinski definition) is 5. The van der Waals surface area contributed by atoms with E-state index in [1.807, 2.05) is 10.7 Å². The van der Waals surface area contributed by atoms with Gasteiger partial charge >= 0.3 is 0 Å². The maximum Gasteiger partial charge on any atom is 0.147 e. The number of aromatic nitrogens is 5. The highest BCUT2D eigenvalue weighted by Crippen LogP contribution is 2.44. The number of methoxy groups -OCH3 is 1. The summed E-state index contributed by atoms with van der Waals surface area (Å²) in [5, 5.41) is 4.44. The minimum Gasteiger partial charge on any atom is -0.494 e. The van der Waals surface area contributed by atoms with E-state index in [2.05, 4.69) is 20.1 Å². The van der Waals surface area contributed by atoms with Gasteiger partial charge in [0.05, 0.1) is 25.2 Å². The molecule has 0 saturated heterocycles. The molecule has 6 nitrogen and oxygen atoms in total. The largest absolute Gasteiger partial charge is 0.494 e. The first kappa shape index (κ1) is 11.3. The maximum absolute atomic E-state index is 5.50. The molecular weight excluding hydrogens is 254 g/mol. The lowest BCUT2D eigenvalue weighted by Crippen LogP contribution is -2.05. The van der Waals surface area contributed by atoms with Crippen molar-refractivity contribution >= 4 is 11.0 Å². The van der Waals surface area contributed by atoms with Crippen LogP contribution in [0.3, 0.4) is 0 Å². The van der Waals surface area contributed by atoms with Gasteiger partial charge in [0.1, 0.15) is 28.8 Å². The van der Waals surface area contributed by atoms with Gasteiger partial charge in [0, 0.05) is 18.2 Å². The van der Waals surface area contributed by atoms with Crippen LogP contribution >= 0.6 is 0 Å². The fourth-order valence-electron chi connectivity index (χ4n) is 2.43. The van der Waals surface area contributed by atoms with E-state index >= 15 is 0 Å². The Hall–Kier alpha value is -2.50. The van der Waals surface area contributed by atoms with Crippen LogP contribution in [-0.4, -0.2) is 31.8 Å². The molecule has 0 unspecified atom stereocenters. The number of ether oxygens (including phenoxy) is 1. The Kier molecular flexibility index (Phi) is 2.42. The lowest BCUT2D eigenvalue weighted by atomic mass is 10.2. The smallest absolute Gasteiger partial charge is 0.147 e. The SMILES string of the molecule is COc1ccnc(C2CC2)c1-n1ncc2ncncc21. The summed E-state index contributed by atoms with van der Waals surface area (Å²) in [4.78, 5) is 12.8. The fraction of sp³-hybridized carbons (Fsp3) is 0.286. The highest BCUT2D eigenvalue weighted by atomic mass is 16.5. The standard InChI is InChI=1S/C14H13N5O/c1-20-12-4-5-16-13(9-2-3-9)14(12)19-11-7-15-8-17-10(11)6-18-19/h4-9H,2-3H2,1H3. The molecule has 0 amide bonds. The minimum absolute atomic E-state index is 0.504. The molecule has 0 radical (unpaired) electrons. The van der Waals surface area contributed by atoms with E-state index in [4.69, 9.17) is 4.74 Å². The van der Waals surface area contributed by atoms with Crippen molar-refractivity contribution in [2.45, 2.75) is 18.8 Å². The van der Waals surface area contributed by atoms with Crippen molar-refractivity contribution in [1.29, 1.82) is 0 Å². The molecular formula is C14H13N5O.